The largest absolute Gasteiger partial charge is 0.229 e. The summed E-state index contributed by atoms with van der Waals surface area (Å²) in [5, 5.41) is 0. The van der Waals surface area contributed by atoms with Crippen LogP contribution in [-0.4, -0.2) is 10.7 Å². The average Bonchev–Trinajstić information content (AvgIpc) is 2.76. The summed E-state index contributed by atoms with van der Waals surface area (Å²) >= 11 is 1.76. The summed E-state index contributed by atoms with van der Waals surface area (Å²) in [5.41, 5.74) is 2.53. The van der Waals surface area contributed by atoms with Crippen LogP contribution in [0.1, 0.15) is 13.8 Å². The summed E-state index contributed by atoms with van der Waals surface area (Å²) in [5.74, 6) is 1.08. The highest BCUT2D eigenvalue weighted by Crippen LogP contribution is 2.43. The van der Waals surface area contributed by atoms with Crippen molar-refractivity contribution in [1.29, 1.82) is 0 Å². The number of allylic oxidation sites excluding steroid dienone is 1. The zero-order valence-electron chi connectivity index (χ0n) is 9.67. The van der Waals surface area contributed by atoms with Crippen molar-refractivity contribution in [3.05, 3.63) is 35.9 Å². The number of hydrogen-bond acceptors (Lipinski definition) is 5. The van der Waals surface area contributed by atoms with Gasteiger partial charge in [0.05, 0.1) is 10.2 Å². The quantitative estimate of drug-likeness (QED) is 0.401. The Hall–Kier alpha value is -0.100. The van der Waals surface area contributed by atoms with Crippen LogP contribution in [-0.2, 0) is 0 Å². The standard InChI is InChI=1S/C12H13NS4/c1-3-9(2)8-14-17-16-12-13-10-6-4-5-7-11(10)15-12/h3-7H,8H2,1-2H3/b9-3+. The third-order valence-corrected chi connectivity index (χ3v) is 7.62. The van der Waals surface area contributed by atoms with Crippen molar-refractivity contribution in [1.82, 2.24) is 4.98 Å². The van der Waals surface area contributed by atoms with Crippen LogP contribution in [0.15, 0.2) is 40.3 Å². The summed E-state index contributed by atoms with van der Waals surface area (Å²) in [7, 11) is 5.43. The molecule has 17 heavy (non-hydrogen) atoms. The van der Waals surface area contributed by atoms with E-state index in [9.17, 15) is 0 Å². The summed E-state index contributed by atoms with van der Waals surface area (Å²) < 4.78 is 2.41. The van der Waals surface area contributed by atoms with Crippen LogP contribution in [0, 0.1) is 0 Å². The second-order valence-corrected chi connectivity index (χ2v) is 8.84. The Balaban J connectivity index is 1.87. The van der Waals surface area contributed by atoms with Gasteiger partial charge in [0, 0.05) is 5.75 Å². The van der Waals surface area contributed by atoms with E-state index in [0.29, 0.717) is 0 Å². The molecule has 0 amide bonds. The van der Waals surface area contributed by atoms with Crippen LogP contribution in [0.25, 0.3) is 10.2 Å². The van der Waals surface area contributed by atoms with Gasteiger partial charge in [-0.15, -0.1) is 11.3 Å². The molecule has 0 aliphatic heterocycles. The lowest BCUT2D eigenvalue weighted by atomic mass is 10.3. The Morgan fingerprint density at radius 3 is 3.00 bits per heavy atom. The fourth-order valence-corrected chi connectivity index (χ4v) is 6.46. The van der Waals surface area contributed by atoms with Crippen molar-refractivity contribution in [3.63, 3.8) is 0 Å². The van der Waals surface area contributed by atoms with Gasteiger partial charge in [-0.3, -0.25) is 0 Å². The van der Waals surface area contributed by atoms with Crippen LogP contribution in [0.4, 0.5) is 0 Å². The zero-order valence-corrected chi connectivity index (χ0v) is 12.9. The van der Waals surface area contributed by atoms with E-state index in [-0.39, 0.29) is 0 Å². The topological polar surface area (TPSA) is 12.9 Å². The van der Waals surface area contributed by atoms with Gasteiger partial charge in [-0.2, -0.15) is 0 Å². The van der Waals surface area contributed by atoms with Gasteiger partial charge in [-0.25, -0.2) is 4.98 Å². The monoisotopic (exact) mass is 299 g/mol. The molecule has 0 fully saturated rings. The molecule has 0 saturated heterocycles. The molecule has 5 heteroatoms. The maximum Gasteiger partial charge on any atom is 0.162 e. The number of thiazole rings is 1. The molecule has 1 aromatic heterocycles. The molecule has 2 rings (SSSR count). The second-order valence-electron chi connectivity index (χ2n) is 3.50. The molecule has 0 atom stereocenters. The van der Waals surface area contributed by atoms with E-state index in [1.54, 1.807) is 32.0 Å². The molecule has 0 unspecified atom stereocenters. The average molecular weight is 300 g/mol. The highest BCUT2D eigenvalue weighted by Gasteiger charge is 2.04. The minimum absolute atomic E-state index is 1.08. The molecule has 1 nitrogen and oxygen atoms in total. The van der Waals surface area contributed by atoms with E-state index < -0.39 is 0 Å². The van der Waals surface area contributed by atoms with Crippen molar-refractivity contribution in [3.8, 4) is 0 Å². The number of hydrogen-bond donors (Lipinski definition) is 0. The van der Waals surface area contributed by atoms with E-state index in [1.807, 2.05) is 16.9 Å². The maximum atomic E-state index is 4.58. The van der Waals surface area contributed by atoms with Crippen molar-refractivity contribution < 1.29 is 0 Å². The van der Waals surface area contributed by atoms with E-state index in [2.05, 4.69) is 43.1 Å². The summed E-state index contributed by atoms with van der Waals surface area (Å²) in [6, 6.07) is 8.29. The Kier molecular flexibility index (Phi) is 5.28. The van der Waals surface area contributed by atoms with Crippen LogP contribution in [0.5, 0.6) is 0 Å². The minimum atomic E-state index is 1.08. The molecule has 0 N–H and O–H groups in total. The fraction of sp³-hybridized carbons (Fsp3) is 0.250. The Labute approximate surface area is 117 Å². The number of nitrogens with zero attached hydrogens (tertiary/aromatic N) is 1. The molecule has 1 heterocycles. The Bertz CT molecular complexity index is 485. The molecule has 0 aliphatic carbocycles. The van der Waals surface area contributed by atoms with Gasteiger partial charge in [0.15, 0.2) is 4.34 Å². The maximum absolute atomic E-state index is 4.58. The number of rotatable bonds is 5. The predicted molar refractivity (Wildman–Crippen MR) is 85.0 cm³/mol. The van der Waals surface area contributed by atoms with Crippen molar-refractivity contribution in [2.24, 2.45) is 0 Å². The molecule has 0 spiro atoms. The first-order chi connectivity index (χ1) is 8.29. The Morgan fingerprint density at radius 2 is 2.24 bits per heavy atom. The number of benzene rings is 1. The highest BCUT2D eigenvalue weighted by molar-refractivity contribution is 9.09. The lowest BCUT2D eigenvalue weighted by Crippen LogP contribution is -1.75. The van der Waals surface area contributed by atoms with Gasteiger partial charge >= 0.3 is 0 Å². The highest BCUT2D eigenvalue weighted by atomic mass is 33.5. The molecular weight excluding hydrogens is 286 g/mol. The van der Waals surface area contributed by atoms with Gasteiger partial charge in [0.2, 0.25) is 0 Å². The molecule has 0 aliphatic rings. The van der Waals surface area contributed by atoms with Gasteiger partial charge in [-0.05, 0) is 46.6 Å². The molecule has 2 aromatic rings. The van der Waals surface area contributed by atoms with Gasteiger partial charge in [0.1, 0.15) is 0 Å². The van der Waals surface area contributed by atoms with Crippen molar-refractivity contribution in [2.45, 2.75) is 18.2 Å². The summed E-state index contributed by atoms with van der Waals surface area (Å²) in [4.78, 5) is 4.58. The van der Waals surface area contributed by atoms with Crippen molar-refractivity contribution >= 4 is 53.0 Å². The van der Waals surface area contributed by atoms with Gasteiger partial charge in [0.25, 0.3) is 0 Å². The van der Waals surface area contributed by atoms with E-state index in [0.717, 1.165) is 15.6 Å². The molecule has 1 aromatic carbocycles. The number of para-hydroxylation sites is 1. The van der Waals surface area contributed by atoms with Gasteiger partial charge in [-0.1, -0.05) is 34.6 Å². The molecule has 90 valence electrons. The van der Waals surface area contributed by atoms with Crippen molar-refractivity contribution in [2.75, 3.05) is 5.75 Å². The number of aromatic nitrogens is 1. The fourth-order valence-electron chi connectivity index (χ4n) is 1.14. The smallest absolute Gasteiger partial charge is 0.162 e. The SMILES string of the molecule is C/C=C(\C)CSSSc1nc2ccccc2s1. The van der Waals surface area contributed by atoms with Crippen LogP contribution in [0.2, 0.25) is 0 Å². The van der Waals surface area contributed by atoms with E-state index >= 15 is 0 Å². The Morgan fingerprint density at radius 1 is 1.41 bits per heavy atom. The van der Waals surface area contributed by atoms with E-state index in [1.165, 1.54) is 10.3 Å². The predicted octanol–water partition coefficient (Wildman–Crippen LogP) is 5.65. The lowest BCUT2D eigenvalue weighted by Gasteiger charge is -1.97. The third-order valence-electron chi connectivity index (χ3n) is 2.21. The normalized spacial score (nSPS) is 12.2. The lowest BCUT2D eigenvalue weighted by molar-refractivity contribution is 1.31. The first kappa shape index (κ1) is 13.3. The second kappa shape index (κ2) is 6.73. The van der Waals surface area contributed by atoms with Crippen LogP contribution in [0.3, 0.4) is 0 Å². The zero-order chi connectivity index (χ0) is 12.1. The third kappa shape index (κ3) is 3.95. The summed E-state index contributed by atoms with van der Waals surface area (Å²) in [6.07, 6.45) is 2.16. The molecule has 0 bridgehead atoms. The van der Waals surface area contributed by atoms with Crippen LogP contribution >= 0.6 is 42.8 Å². The number of fused-ring (bicyclic) bond motifs is 1. The minimum Gasteiger partial charge on any atom is -0.229 e. The van der Waals surface area contributed by atoms with Crippen LogP contribution < -0.4 is 0 Å². The summed E-state index contributed by atoms with van der Waals surface area (Å²) in [6.45, 7) is 4.25. The van der Waals surface area contributed by atoms with Gasteiger partial charge < -0.3 is 0 Å². The molecule has 0 radical (unpaired) electrons. The molecular formula is C12H13NS4. The van der Waals surface area contributed by atoms with E-state index in [4.69, 9.17) is 0 Å². The first-order valence-corrected chi connectivity index (χ1v) is 9.70. The molecule has 0 saturated carbocycles. The first-order valence-electron chi connectivity index (χ1n) is 5.23.